The molecule has 0 saturated heterocycles. The molecule has 188 valence electrons. The Morgan fingerprint density at radius 3 is 0.742 bits per heavy atom. The highest BCUT2D eigenvalue weighted by Gasteiger charge is 2.05. The van der Waals surface area contributed by atoms with Crippen LogP contribution in [0.5, 0.6) is 0 Å². The maximum Gasteiger partial charge on any atom is -0.0417 e. The van der Waals surface area contributed by atoms with Crippen LogP contribution in [0.3, 0.4) is 0 Å². The molecule has 31 heavy (non-hydrogen) atoms. The van der Waals surface area contributed by atoms with E-state index in [9.17, 15) is 0 Å². The van der Waals surface area contributed by atoms with Gasteiger partial charge in [-0.3, -0.25) is 0 Å². The summed E-state index contributed by atoms with van der Waals surface area (Å²) in [6, 6.07) is 0. The van der Waals surface area contributed by atoms with Crippen LogP contribution in [-0.4, -0.2) is 0 Å². The van der Waals surface area contributed by atoms with E-state index >= 15 is 0 Å². The molecule has 0 radical (unpaired) electrons. The lowest BCUT2D eigenvalue weighted by Crippen LogP contribution is -1.99. The highest BCUT2D eigenvalue weighted by molar-refractivity contribution is 4.59. The summed E-state index contributed by atoms with van der Waals surface area (Å²) < 4.78 is 0. The molecule has 0 aliphatic heterocycles. The fourth-order valence-corrected chi connectivity index (χ4v) is 5.10. The number of hydrogen-bond donors (Lipinski definition) is 0. The first-order valence-electron chi connectivity index (χ1n) is 15.3. The molecule has 0 bridgehead atoms. The van der Waals surface area contributed by atoms with Crippen molar-refractivity contribution in [2.45, 2.75) is 194 Å². The van der Waals surface area contributed by atoms with Crippen molar-refractivity contribution < 1.29 is 0 Å². The van der Waals surface area contributed by atoms with Crippen molar-refractivity contribution in [2.24, 2.45) is 5.92 Å². The van der Waals surface area contributed by atoms with Crippen molar-refractivity contribution in [1.82, 2.24) is 0 Å². The monoisotopic (exact) mass is 437 g/mol. The molecule has 0 aliphatic carbocycles. The average Bonchev–Trinajstić information content (AvgIpc) is 2.79. The van der Waals surface area contributed by atoms with Crippen LogP contribution >= 0.6 is 0 Å². The lowest BCUT2D eigenvalue weighted by atomic mass is 9.92. The van der Waals surface area contributed by atoms with Gasteiger partial charge in [0.05, 0.1) is 0 Å². The van der Waals surface area contributed by atoms with Crippen LogP contribution in [0.25, 0.3) is 0 Å². The summed E-state index contributed by atoms with van der Waals surface area (Å²) in [4.78, 5) is 0. The van der Waals surface area contributed by atoms with E-state index in [-0.39, 0.29) is 0 Å². The molecule has 1 unspecified atom stereocenters. The van der Waals surface area contributed by atoms with Crippen LogP contribution in [0, 0.1) is 5.92 Å². The Hall–Kier alpha value is 0. The maximum absolute atomic E-state index is 2.41. The van der Waals surface area contributed by atoms with Gasteiger partial charge in [0.2, 0.25) is 0 Å². The largest absolute Gasteiger partial charge is 0.0654 e. The first-order valence-corrected chi connectivity index (χ1v) is 15.3. The van der Waals surface area contributed by atoms with Crippen LogP contribution in [0.2, 0.25) is 0 Å². The van der Waals surface area contributed by atoms with Crippen molar-refractivity contribution >= 4 is 0 Å². The predicted octanol–water partition coefficient (Wildman–Crippen LogP) is 12.2. The standard InChI is InChI=1S/C31H64/c1-4-7-9-11-12-13-14-15-16-17-18-19-20-21-22-23-24-26-28-30-31(6-3)29-27-25-10-8-5-2/h31H,4-30H2,1-3H3. The van der Waals surface area contributed by atoms with Crippen molar-refractivity contribution in [1.29, 1.82) is 0 Å². The highest BCUT2D eigenvalue weighted by Crippen LogP contribution is 2.22. The second-order valence-corrected chi connectivity index (χ2v) is 10.6. The van der Waals surface area contributed by atoms with Gasteiger partial charge in [0.15, 0.2) is 0 Å². The van der Waals surface area contributed by atoms with Gasteiger partial charge in [-0.25, -0.2) is 0 Å². The second-order valence-electron chi connectivity index (χ2n) is 10.6. The van der Waals surface area contributed by atoms with Crippen LogP contribution < -0.4 is 0 Å². The zero-order chi connectivity index (χ0) is 22.7. The quantitative estimate of drug-likeness (QED) is 0.112. The fourth-order valence-electron chi connectivity index (χ4n) is 5.10. The normalized spacial score (nSPS) is 12.5. The molecule has 0 heterocycles. The summed E-state index contributed by atoms with van der Waals surface area (Å²) in [5.41, 5.74) is 0. The minimum atomic E-state index is 1.02. The van der Waals surface area contributed by atoms with E-state index in [0.29, 0.717) is 0 Å². The molecule has 0 aromatic rings. The van der Waals surface area contributed by atoms with E-state index in [0.717, 1.165) is 5.92 Å². The summed E-state index contributed by atoms with van der Waals surface area (Å²) in [6.45, 7) is 7.03. The Bertz CT molecular complexity index is 294. The fraction of sp³-hybridized carbons (Fsp3) is 1.00. The molecular formula is C31H64. The summed E-state index contributed by atoms with van der Waals surface area (Å²) in [5.74, 6) is 1.02. The molecule has 0 spiro atoms. The van der Waals surface area contributed by atoms with Gasteiger partial charge in [0, 0.05) is 0 Å². The lowest BCUT2D eigenvalue weighted by molar-refractivity contribution is 0.393. The van der Waals surface area contributed by atoms with Gasteiger partial charge >= 0.3 is 0 Å². The van der Waals surface area contributed by atoms with Crippen molar-refractivity contribution in [3.05, 3.63) is 0 Å². The molecular weight excluding hydrogens is 372 g/mol. The maximum atomic E-state index is 2.41. The van der Waals surface area contributed by atoms with Gasteiger partial charge in [-0.15, -0.1) is 0 Å². The number of unbranched alkanes of at least 4 members (excludes halogenated alkanes) is 22. The van der Waals surface area contributed by atoms with E-state index in [1.165, 1.54) is 173 Å². The van der Waals surface area contributed by atoms with E-state index in [1.54, 1.807) is 0 Å². The van der Waals surface area contributed by atoms with E-state index in [1.807, 2.05) is 0 Å². The number of rotatable bonds is 27. The molecule has 0 amide bonds. The van der Waals surface area contributed by atoms with Gasteiger partial charge in [-0.1, -0.05) is 194 Å². The topological polar surface area (TPSA) is 0 Å². The van der Waals surface area contributed by atoms with Crippen LogP contribution in [0.15, 0.2) is 0 Å². The van der Waals surface area contributed by atoms with Crippen LogP contribution in [0.1, 0.15) is 194 Å². The Kier molecular flexibility index (Phi) is 28.0. The molecule has 0 nitrogen and oxygen atoms in total. The minimum absolute atomic E-state index is 1.02. The smallest absolute Gasteiger partial charge is 0.0417 e. The van der Waals surface area contributed by atoms with Crippen molar-refractivity contribution in [3.8, 4) is 0 Å². The van der Waals surface area contributed by atoms with E-state index in [4.69, 9.17) is 0 Å². The lowest BCUT2D eigenvalue weighted by Gasteiger charge is -2.14. The van der Waals surface area contributed by atoms with E-state index in [2.05, 4.69) is 20.8 Å². The molecule has 0 aliphatic rings. The summed E-state index contributed by atoms with van der Waals surface area (Å²) in [7, 11) is 0. The molecule has 0 rings (SSSR count). The SMILES string of the molecule is CCCCCCCCCCCCCCCCCCCCCC(CC)CCCCCCC. The third kappa shape index (κ3) is 26.1. The van der Waals surface area contributed by atoms with Gasteiger partial charge < -0.3 is 0 Å². The molecule has 0 N–H and O–H groups in total. The first-order chi connectivity index (χ1) is 15.3. The third-order valence-corrected chi connectivity index (χ3v) is 7.51. The molecule has 0 heteroatoms. The number of hydrogen-bond acceptors (Lipinski definition) is 0. The predicted molar refractivity (Wildman–Crippen MR) is 145 cm³/mol. The third-order valence-electron chi connectivity index (χ3n) is 7.51. The summed E-state index contributed by atoms with van der Waals surface area (Å²) >= 11 is 0. The molecule has 0 fully saturated rings. The van der Waals surface area contributed by atoms with Crippen LogP contribution in [0.4, 0.5) is 0 Å². The average molecular weight is 437 g/mol. The van der Waals surface area contributed by atoms with Gasteiger partial charge in [-0.2, -0.15) is 0 Å². The zero-order valence-electron chi connectivity index (χ0n) is 22.7. The Labute approximate surface area is 200 Å². The molecule has 1 atom stereocenters. The Morgan fingerprint density at radius 1 is 0.290 bits per heavy atom. The summed E-state index contributed by atoms with van der Waals surface area (Å²) in [6.07, 6.45) is 39.8. The molecule has 0 saturated carbocycles. The Balaban J connectivity index is 3.17. The summed E-state index contributed by atoms with van der Waals surface area (Å²) in [5, 5.41) is 0. The second kappa shape index (κ2) is 28.0. The van der Waals surface area contributed by atoms with Crippen molar-refractivity contribution in [2.75, 3.05) is 0 Å². The first kappa shape index (κ1) is 31.0. The Morgan fingerprint density at radius 2 is 0.516 bits per heavy atom. The molecule has 0 aromatic carbocycles. The highest BCUT2D eigenvalue weighted by atomic mass is 14.1. The molecule has 0 aromatic heterocycles. The van der Waals surface area contributed by atoms with Crippen LogP contribution in [-0.2, 0) is 0 Å². The zero-order valence-corrected chi connectivity index (χ0v) is 22.7. The van der Waals surface area contributed by atoms with Gasteiger partial charge in [0.1, 0.15) is 0 Å². The van der Waals surface area contributed by atoms with Gasteiger partial charge in [-0.05, 0) is 5.92 Å². The van der Waals surface area contributed by atoms with E-state index < -0.39 is 0 Å². The van der Waals surface area contributed by atoms with Crippen molar-refractivity contribution in [3.63, 3.8) is 0 Å². The van der Waals surface area contributed by atoms with Gasteiger partial charge in [0.25, 0.3) is 0 Å². The minimum Gasteiger partial charge on any atom is -0.0654 e.